The molecule has 182 valence electrons. The van der Waals surface area contributed by atoms with Crippen molar-refractivity contribution in [1.29, 1.82) is 0 Å². The number of benzene rings is 1. The van der Waals surface area contributed by atoms with Crippen LogP contribution in [-0.4, -0.2) is 51.5 Å². The van der Waals surface area contributed by atoms with Crippen LogP contribution in [0.2, 0.25) is 0 Å². The summed E-state index contributed by atoms with van der Waals surface area (Å²) in [6.07, 6.45) is 6.47. The molecule has 4 aromatic rings. The van der Waals surface area contributed by atoms with Gasteiger partial charge in [0.15, 0.2) is 11.5 Å². The molecular formula is C24H25N5O6. The monoisotopic (exact) mass is 479 g/mol. The average molecular weight is 479 g/mol. The molecule has 4 rings (SSSR count). The van der Waals surface area contributed by atoms with Gasteiger partial charge < -0.3 is 18.7 Å². The quantitative estimate of drug-likeness (QED) is 0.234. The summed E-state index contributed by atoms with van der Waals surface area (Å²) in [6.45, 7) is 0.576. The second-order valence-corrected chi connectivity index (χ2v) is 7.65. The lowest BCUT2D eigenvalue weighted by molar-refractivity contribution is -0.143. The van der Waals surface area contributed by atoms with Crippen molar-refractivity contribution >= 4 is 16.9 Å². The summed E-state index contributed by atoms with van der Waals surface area (Å²) in [6, 6.07) is 6.91. The van der Waals surface area contributed by atoms with Gasteiger partial charge in [0, 0.05) is 43.4 Å². The van der Waals surface area contributed by atoms with Crippen molar-refractivity contribution in [2.75, 3.05) is 20.8 Å². The van der Waals surface area contributed by atoms with E-state index in [-0.39, 0.29) is 24.6 Å². The Balaban J connectivity index is 1.22. The van der Waals surface area contributed by atoms with E-state index < -0.39 is 0 Å². The Bertz CT molecular complexity index is 1350. The molecule has 3 heterocycles. The number of ether oxygens (including phenoxy) is 3. The number of rotatable bonds is 11. The molecule has 11 heteroatoms. The number of hydrogen-bond acceptors (Lipinski definition) is 10. The molecule has 0 saturated carbocycles. The number of pyridine rings is 1. The fraction of sp³-hybridized carbons (Fsp3) is 0.333. The second kappa shape index (κ2) is 11.2. The van der Waals surface area contributed by atoms with Gasteiger partial charge in [-0.3, -0.25) is 19.1 Å². The number of hydrogen-bond donors (Lipinski definition) is 0. The lowest BCUT2D eigenvalue weighted by Crippen LogP contribution is -2.21. The van der Waals surface area contributed by atoms with Crippen LogP contribution in [0.15, 0.2) is 52.3 Å². The van der Waals surface area contributed by atoms with E-state index in [1.807, 2.05) is 6.07 Å². The minimum Gasteiger partial charge on any atom is -0.493 e. The van der Waals surface area contributed by atoms with Gasteiger partial charge in [0.05, 0.1) is 38.1 Å². The third kappa shape index (κ3) is 5.81. The lowest BCUT2D eigenvalue weighted by Gasteiger charge is -2.10. The maximum Gasteiger partial charge on any atom is 0.305 e. The molecular weight excluding hydrogens is 454 g/mol. The third-order valence-electron chi connectivity index (χ3n) is 5.30. The molecule has 0 saturated heterocycles. The minimum atomic E-state index is -0.334. The smallest absolute Gasteiger partial charge is 0.305 e. The second-order valence-electron chi connectivity index (χ2n) is 7.65. The summed E-state index contributed by atoms with van der Waals surface area (Å²) < 4.78 is 22.5. The number of aryl methyl sites for hydroxylation is 2. The topological polar surface area (TPSA) is 131 Å². The average Bonchev–Trinajstić information content (AvgIpc) is 3.37. The number of nitrogens with zero attached hydrogens (tertiary/aromatic N) is 5. The molecule has 0 radical (unpaired) electrons. The Morgan fingerprint density at radius 1 is 1.14 bits per heavy atom. The van der Waals surface area contributed by atoms with Gasteiger partial charge in [-0.1, -0.05) is 5.16 Å². The Labute approximate surface area is 200 Å². The number of methoxy groups -OCH3 is 2. The van der Waals surface area contributed by atoms with Crippen LogP contribution in [0.1, 0.15) is 25.2 Å². The zero-order valence-electron chi connectivity index (χ0n) is 19.5. The first-order valence-corrected chi connectivity index (χ1v) is 11.1. The molecule has 0 aliphatic rings. The first-order chi connectivity index (χ1) is 17.1. The zero-order chi connectivity index (χ0) is 24.6. The summed E-state index contributed by atoms with van der Waals surface area (Å²) in [7, 11) is 3.03. The SMILES string of the molecule is COc1cc2ncn(CCCC(=O)OCCCc3nc(-c4cccnc4)no3)c(=O)c2cc1OC. The van der Waals surface area contributed by atoms with E-state index in [0.717, 1.165) is 5.56 Å². The summed E-state index contributed by atoms with van der Waals surface area (Å²) in [4.78, 5) is 37.5. The largest absolute Gasteiger partial charge is 0.493 e. The van der Waals surface area contributed by atoms with E-state index in [9.17, 15) is 9.59 Å². The van der Waals surface area contributed by atoms with Crippen LogP contribution < -0.4 is 15.0 Å². The predicted octanol–water partition coefficient (Wildman–Crippen LogP) is 2.81. The van der Waals surface area contributed by atoms with Gasteiger partial charge in [0.25, 0.3) is 5.56 Å². The highest BCUT2D eigenvalue weighted by Gasteiger charge is 2.12. The van der Waals surface area contributed by atoms with Crippen LogP contribution in [0.4, 0.5) is 0 Å². The van der Waals surface area contributed by atoms with E-state index in [4.69, 9.17) is 18.7 Å². The van der Waals surface area contributed by atoms with Crippen molar-refractivity contribution in [1.82, 2.24) is 24.7 Å². The van der Waals surface area contributed by atoms with Crippen molar-refractivity contribution in [2.45, 2.75) is 32.2 Å². The molecule has 3 aromatic heterocycles. The van der Waals surface area contributed by atoms with Crippen LogP contribution in [0.5, 0.6) is 11.5 Å². The van der Waals surface area contributed by atoms with E-state index in [2.05, 4.69) is 20.1 Å². The summed E-state index contributed by atoms with van der Waals surface area (Å²) in [5, 5.41) is 4.35. The molecule has 0 amide bonds. The number of fused-ring (bicyclic) bond motifs is 1. The molecule has 35 heavy (non-hydrogen) atoms. The molecule has 0 N–H and O–H groups in total. The molecule has 0 aliphatic carbocycles. The van der Waals surface area contributed by atoms with Gasteiger partial charge in [-0.15, -0.1) is 0 Å². The number of carbonyl (C=O) groups is 1. The fourth-order valence-electron chi connectivity index (χ4n) is 3.49. The standard InChI is InChI=1S/C24H25N5O6/c1-32-19-12-17-18(13-20(19)33-2)26-15-29(24(17)31)10-4-8-22(30)34-11-5-7-21-27-23(28-35-21)16-6-3-9-25-14-16/h3,6,9,12-15H,4-5,7-8,10-11H2,1-2H3. The highest BCUT2D eigenvalue weighted by atomic mass is 16.5. The van der Waals surface area contributed by atoms with Crippen LogP contribution in [0.25, 0.3) is 22.3 Å². The molecule has 0 aliphatic heterocycles. The summed E-state index contributed by atoms with van der Waals surface area (Å²) >= 11 is 0. The maximum atomic E-state index is 12.8. The number of aromatic nitrogens is 5. The van der Waals surface area contributed by atoms with Crippen LogP contribution >= 0.6 is 0 Å². The van der Waals surface area contributed by atoms with Crippen LogP contribution in [-0.2, 0) is 22.5 Å². The normalized spacial score (nSPS) is 10.9. The van der Waals surface area contributed by atoms with Crippen molar-refractivity contribution in [2.24, 2.45) is 0 Å². The molecule has 0 atom stereocenters. The lowest BCUT2D eigenvalue weighted by atomic mass is 10.2. The summed E-state index contributed by atoms with van der Waals surface area (Å²) in [5.41, 5.74) is 1.07. The maximum absolute atomic E-state index is 12.8. The van der Waals surface area contributed by atoms with Crippen molar-refractivity contribution in [3.05, 3.63) is 59.2 Å². The van der Waals surface area contributed by atoms with Gasteiger partial charge in [-0.2, -0.15) is 4.98 Å². The highest BCUT2D eigenvalue weighted by Crippen LogP contribution is 2.29. The van der Waals surface area contributed by atoms with Gasteiger partial charge in [-0.05, 0) is 31.0 Å². The van der Waals surface area contributed by atoms with Crippen molar-refractivity contribution in [3.63, 3.8) is 0 Å². The minimum absolute atomic E-state index is 0.183. The van der Waals surface area contributed by atoms with E-state index in [1.165, 1.54) is 25.1 Å². The van der Waals surface area contributed by atoms with Gasteiger partial charge in [0.2, 0.25) is 11.7 Å². The Hall–Kier alpha value is -4.28. The highest BCUT2D eigenvalue weighted by molar-refractivity contribution is 5.81. The van der Waals surface area contributed by atoms with Crippen LogP contribution in [0, 0.1) is 0 Å². The van der Waals surface area contributed by atoms with E-state index in [1.54, 1.807) is 30.6 Å². The molecule has 1 aromatic carbocycles. The molecule has 11 nitrogen and oxygen atoms in total. The third-order valence-corrected chi connectivity index (χ3v) is 5.30. The first kappa shape index (κ1) is 23.9. The van der Waals surface area contributed by atoms with Crippen molar-refractivity contribution < 1.29 is 23.5 Å². The summed E-state index contributed by atoms with van der Waals surface area (Å²) in [5.74, 6) is 1.56. The zero-order valence-corrected chi connectivity index (χ0v) is 19.5. The van der Waals surface area contributed by atoms with E-state index in [0.29, 0.717) is 59.9 Å². The molecule has 0 fully saturated rings. The molecule has 0 bridgehead atoms. The van der Waals surface area contributed by atoms with Crippen LogP contribution in [0.3, 0.4) is 0 Å². The van der Waals surface area contributed by atoms with Gasteiger partial charge >= 0.3 is 5.97 Å². The predicted molar refractivity (Wildman–Crippen MR) is 125 cm³/mol. The Kier molecular flexibility index (Phi) is 7.66. The molecule has 0 unspecified atom stereocenters. The fourth-order valence-corrected chi connectivity index (χ4v) is 3.49. The van der Waals surface area contributed by atoms with E-state index >= 15 is 0 Å². The Morgan fingerprint density at radius 3 is 2.74 bits per heavy atom. The van der Waals surface area contributed by atoms with Gasteiger partial charge in [0.1, 0.15) is 0 Å². The Morgan fingerprint density at radius 2 is 1.97 bits per heavy atom. The van der Waals surface area contributed by atoms with Gasteiger partial charge in [-0.25, -0.2) is 4.98 Å². The number of esters is 1. The number of carbonyl (C=O) groups excluding carboxylic acids is 1. The molecule has 0 spiro atoms. The first-order valence-electron chi connectivity index (χ1n) is 11.1. The van der Waals surface area contributed by atoms with Crippen molar-refractivity contribution in [3.8, 4) is 22.9 Å².